The van der Waals surface area contributed by atoms with Crippen molar-refractivity contribution in [3.63, 3.8) is 0 Å². The smallest absolute Gasteiger partial charge is 0.127 e. The Bertz CT molecular complexity index is 518. The van der Waals surface area contributed by atoms with Crippen LogP contribution in [0.5, 0.6) is 11.5 Å². The number of hydrogen-bond donors (Lipinski definition) is 1. The van der Waals surface area contributed by atoms with Crippen molar-refractivity contribution >= 4 is 5.71 Å². The Labute approximate surface area is 107 Å². The highest BCUT2D eigenvalue weighted by Gasteiger charge is 1.99. The normalized spacial score (nSPS) is 11.1. The maximum atomic E-state index is 5.72. The summed E-state index contributed by atoms with van der Waals surface area (Å²) in [7, 11) is 1.79. The first-order valence-corrected chi connectivity index (χ1v) is 5.84. The van der Waals surface area contributed by atoms with E-state index in [9.17, 15) is 0 Å². The molecule has 2 aromatic rings. The molecule has 0 aromatic heterocycles. The minimum absolute atomic E-state index is 0.821. The van der Waals surface area contributed by atoms with E-state index < -0.39 is 0 Å². The Morgan fingerprint density at radius 3 is 2.17 bits per heavy atom. The van der Waals surface area contributed by atoms with Gasteiger partial charge in [0.2, 0.25) is 0 Å². The summed E-state index contributed by atoms with van der Waals surface area (Å²) in [6.45, 7) is 1.96. The summed E-state index contributed by atoms with van der Waals surface area (Å²) in [5.74, 6) is 1.66. The lowest BCUT2D eigenvalue weighted by Crippen LogP contribution is -2.02. The van der Waals surface area contributed by atoms with Crippen LogP contribution in [-0.2, 0) is 0 Å². The molecule has 0 aliphatic rings. The molecule has 1 N–H and O–H groups in total. The average molecular weight is 240 g/mol. The summed E-state index contributed by atoms with van der Waals surface area (Å²) in [5.41, 5.74) is 4.80. The molecule has 0 heterocycles. The van der Waals surface area contributed by atoms with Gasteiger partial charge in [-0.1, -0.05) is 18.2 Å². The van der Waals surface area contributed by atoms with Gasteiger partial charge in [-0.15, -0.1) is 0 Å². The topological polar surface area (TPSA) is 33.6 Å². The van der Waals surface area contributed by atoms with Crippen LogP contribution in [0.15, 0.2) is 59.7 Å². The fraction of sp³-hybridized carbons (Fsp3) is 0.133. The van der Waals surface area contributed by atoms with Crippen molar-refractivity contribution in [1.82, 2.24) is 5.43 Å². The number of hydrogen-bond acceptors (Lipinski definition) is 3. The molecule has 0 radical (unpaired) electrons. The van der Waals surface area contributed by atoms with Gasteiger partial charge in [0.1, 0.15) is 11.5 Å². The largest absolute Gasteiger partial charge is 0.457 e. The maximum absolute atomic E-state index is 5.72. The Morgan fingerprint density at radius 1 is 0.944 bits per heavy atom. The molecule has 0 bridgehead atoms. The number of hydrazone groups is 1. The summed E-state index contributed by atoms with van der Waals surface area (Å²) in [4.78, 5) is 0. The molecule has 2 aromatic carbocycles. The molecule has 0 aliphatic carbocycles. The first kappa shape index (κ1) is 12.2. The maximum Gasteiger partial charge on any atom is 0.127 e. The minimum atomic E-state index is 0.821. The molecule has 3 heteroatoms. The van der Waals surface area contributed by atoms with Crippen LogP contribution < -0.4 is 10.2 Å². The quantitative estimate of drug-likeness (QED) is 0.656. The summed E-state index contributed by atoms with van der Waals surface area (Å²) in [6.07, 6.45) is 0. The fourth-order valence-electron chi connectivity index (χ4n) is 1.62. The lowest BCUT2D eigenvalue weighted by atomic mass is 10.1. The van der Waals surface area contributed by atoms with Crippen LogP contribution in [0.25, 0.3) is 0 Å². The van der Waals surface area contributed by atoms with Gasteiger partial charge in [-0.3, -0.25) is 0 Å². The van der Waals surface area contributed by atoms with Crippen LogP contribution >= 0.6 is 0 Å². The zero-order valence-corrected chi connectivity index (χ0v) is 10.6. The molecule has 0 saturated carbocycles. The van der Waals surface area contributed by atoms with E-state index in [1.807, 2.05) is 61.5 Å². The number of ether oxygens (including phenoxy) is 1. The van der Waals surface area contributed by atoms with Crippen molar-refractivity contribution < 1.29 is 4.74 Å². The van der Waals surface area contributed by atoms with Crippen molar-refractivity contribution in [2.24, 2.45) is 5.10 Å². The lowest BCUT2D eigenvalue weighted by molar-refractivity contribution is 0.482. The molecule has 3 nitrogen and oxygen atoms in total. The van der Waals surface area contributed by atoms with E-state index >= 15 is 0 Å². The Kier molecular flexibility index (Phi) is 3.97. The van der Waals surface area contributed by atoms with Gasteiger partial charge in [0.05, 0.1) is 5.71 Å². The number of nitrogens with zero attached hydrogens (tertiary/aromatic N) is 1. The first-order chi connectivity index (χ1) is 8.79. The van der Waals surface area contributed by atoms with Gasteiger partial charge in [0.15, 0.2) is 0 Å². The average Bonchev–Trinajstić information content (AvgIpc) is 2.41. The second kappa shape index (κ2) is 5.87. The summed E-state index contributed by atoms with van der Waals surface area (Å²) >= 11 is 0. The molecule has 92 valence electrons. The van der Waals surface area contributed by atoms with Gasteiger partial charge in [0, 0.05) is 7.05 Å². The van der Waals surface area contributed by atoms with E-state index in [1.54, 1.807) is 7.05 Å². The van der Waals surface area contributed by atoms with Gasteiger partial charge >= 0.3 is 0 Å². The highest BCUT2D eigenvalue weighted by Crippen LogP contribution is 2.21. The number of para-hydroxylation sites is 1. The molecule has 0 atom stereocenters. The second-order valence-electron chi connectivity index (χ2n) is 3.86. The van der Waals surface area contributed by atoms with Gasteiger partial charge in [-0.2, -0.15) is 5.10 Å². The van der Waals surface area contributed by atoms with Crippen LogP contribution in [0.3, 0.4) is 0 Å². The zero-order valence-electron chi connectivity index (χ0n) is 10.6. The molecule has 2 rings (SSSR count). The van der Waals surface area contributed by atoms with Crippen LogP contribution in [0, 0.1) is 0 Å². The third-order valence-corrected chi connectivity index (χ3v) is 2.53. The van der Waals surface area contributed by atoms with Crippen molar-refractivity contribution in [1.29, 1.82) is 0 Å². The molecule has 0 amide bonds. The second-order valence-corrected chi connectivity index (χ2v) is 3.86. The first-order valence-electron chi connectivity index (χ1n) is 5.84. The summed E-state index contributed by atoms with van der Waals surface area (Å²) in [6, 6.07) is 17.6. The molecule has 0 saturated heterocycles. The Morgan fingerprint density at radius 2 is 1.56 bits per heavy atom. The lowest BCUT2D eigenvalue weighted by Gasteiger charge is -2.06. The molecule has 18 heavy (non-hydrogen) atoms. The standard InChI is InChI=1S/C15H16N2O/c1-12(17-16-2)13-8-10-15(11-9-13)18-14-6-4-3-5-7-14/h3-11,16H,1-2H3/b17-12+. The van der Waals surface area contributed by atoms with E-state index in [2.05, 4.69) is 10.5 Å². The van der Waals surface area contributed by atoms with Crippen LogP contribution in [0.2, 0.25) is 0 Å². The molecule has 0 unspecified atom stereocenters. The molecule has 0 fully saturated rings. The van der Waals surface area contributed by atoms with E-state index in [0.29, 0.717) is 0 Å². The Balaban J connectivity index is 2.11. The zero-order chi connectivity index (χ0) is 12.8. The fourth-order valence-corrected chi connectivity index (χ4v) is 1.62. The molecule has 0 spiro atoms. The van der Waals surface area contributed by atoms with E-state index in [0.717, 1.165) is 22.8 Å². The van der Waals surface area contributed by atoms with Crippen molar-refractivity contribution in [3.8, 4) is 11.5 Å². The van der Waals surface area contributed by atoms with Crippen LogP contribution in [-0.4, -0.2) is 12.8 Å². The van der Waals surface area contributed by atoms with E-state index in [4.69, 9.17) is 4.74 Å². The predicted octanol–water partition coefficient (Wildman–Crippen LogP) is 3.42. The van der Waals surface area contributed by atoms with Crippen LogP contribution in [0.4, 0.5) is 0 Å². The van der Waals surface area contributed by atoms with Gasteiger partial charge in [-0.05, 0) is 48.9 Å². The highest BCUT2D eigenvalue weighted by atomic mass is 16.5. The van der Waals surface area contributed by atoms with Crippen molar-refractivity contribution in [2.45, 2.75) is 6.92 Å². The van der Waals surface area contributed by atoms with Gasteiger partial charge in [-0.25, -0.2) is 0 Å². The third kappa shape index (κ3) is 3.10. The number of nitrogens with one attached hydrogen (secondary N) is 1. The van der Waals surface area contributed by atoms with E-state index in [1.165, 1.54) is 0 Å². The summed E-state index contributed by atoms with van der Waals surface area (Å²) in [5, 5.41) is 4.13. The monoisotopic (exact) mass is 240 g/mol. The third-order valence-electron chi connectivity index (χ3n) is 2.53. The molecular formula is C15H16N2O. The van der Waals surface area contributed by atoms with E-state index in [-0.39, 0.29) is 0 Å². The van der Waals surface area contributed by atoms with Gasteiger partial charge in [0.25, 0.3) is 0 Å². The highest BCUT2D eigenvalue weighted by molar-refractivity contribution is 5.98. The van der Waals surface area contributed by atoms with Crippen molar-refractivity contribution in [3.05, 3.63) is 60.2 Å². The minimum Gasteiger partial charge on any atom is -0.457 e. The summed E-state index contributed by atoms with van der Waals surface area (Å²) < 4.78 is 5.72. The Hall–Kier alpha value is -2.29. The van der Waals surface area contributed by atoms with Crippen molar-refractivity contribution in [2.75, 3.05) is 7.05 Å². The predicted molar refractivity (Wildman–Crippen MR) is 74.2 cm³/mol. The SMILES string of the molecule is CN/N=C(\C)c1ccc(Oc2ccccc2)cc1. The molecule has 0 aliphatic heterocycles. The number of benzene rings is 2. The molecular weight excluding hydrogens is 224 g/mol. The van der Waals surface area contributed by atoms with Gasteiger partial charge < -0.3 is 10.2 Å². The van der Waals surface area contributed by atoms with Crippen LogP contribution in [0.1, 0.15) is 12.5 Å². The number of rotatable bonds is 4.